The van der Waals surface area contributed by atoms with Crippen molar-refractivity contribution in [2.24, 2.45) is 0 Å². The molecule has 1 N–H and O–H groups in total. The summed E-state index contributed by atoms with van der Waals surface area (Å²) in [5, 5.41) is 2.85. The van der Waals surface area contributed by atoms with Gasteiger partial charge < -0.3 is 9.88 Å². The number of nitrogens with one attached hydrogen (secondary N) is 1. The van der Waals surface area contributed by atoms with Crippen LogP contribution in [-0.2, 0) is 17.9 Å². The summed E-state index contributed by atoms with van der Waals surface area (Å²) in [6, 6.07) is 16.8. The number of hydrogen-bond acceptors (Lipinski definition) is 2. The van der Waals surface area contributed by atoms with Gasteiger partial charge in [-0.25, -0.2) is 4.98 Å². The Kier molecular flexibility index (Phi) is 4.65. The molecule has 3 rings (SSSR count). The molecule has 0 saturated heterocycles. The highest BCUT2D eigenvalue weighted by Crippen LogP contribution is 2.20. The van der Waals surface area contributed by atoms with Crippen LogP contribution in [0, 0.1) is 0 Å². The van der Waals surface area contributed by atoms with E-state index in [0.717, 1.165) is 23.4 Å². The Morgan fingerprint density at radius 1 is 1.12 bits per heavy atom. The van der Waals surface area contributed by atoms with E-state index in [9.17, 15) is 4.79 Å². The molecule has 0 aliphatic carbocycles. The molecular weight excluding hydrogens is 298 g/mol. The number of nitrogens with zero attached hydrogens (tertiary/aromatic N) is 2. The van der Waals surface area contributed by atoms with Gasteiger partial charge in [-0.1, -0.05) is 50.2 Å². The van der Waals surface area contributed by atoms with E-state index in [4.69, 9.17) is 0 Å². The summed E-state index contributed by atoms with van der Waals surface area (Å²) in [7, 11) is 0. The molecule has 24 heavy (non-hydrogen) atoms. The third-order valence-electron chi connectivity index (χ3n) is 4.22. The van der Waals surface area contributed by atoms with Crippen LogP contribution in [0.15, 0.2) is 48.5 Å². The van der Waals surface area contributed by atoms with Crippen LogP contribution in [0.25, 0.3) is 11.0 Å². The second-order valence-electron chi connectivity index (χ2n) is 6.41. The lowest BCUT2D eigenvalue weighted by molar-refractivity contribution is -0.119. The van der Waals surface area contributed by atoms with Crippen molar-refractivity contribution in [3.05, 3.63) is 65.5 Å². The highest BCUT2D eigenvalue weighted by atomic mass is 16.1. The van der Waals surface area contributed by atoms with Gasteiger partial charge in [-0.15, -0.1) is 0 Å². The number of rotatable bonds is 5. The van der Waals surface area contributed by atoms with Gasteiger partial charge in [-0.3, -0.25) is 4.79 Å². The fraction of sp³-hybridized carbons (Fsp3) is 0.300. The summed E-state index contributed by atoms with van der Waals surface area (Å²) in [5.74, 6) is 1.36. The lowest BCUT2D eigenvalue weighted by Crippen LogP contribution is -2.21. The number of hydrogen-bond donors (Lipinski definition) is 1. The monoisotopic (exact) mass is 321 g/mol. The Hall–Kier alpha value is -2.62. The lowest BCUT2D eigenvalue weighted by atomic mass is 10.0. The molecule has 0 aliphatic rings. The maximum Gasteiger partial charge on any atom is 0.217 e. The van der Waals surface area contributed by atoms with E-state index in [0.29, 0.717) is 12.5 Å². The van der Waals surface area contributed by atoms with Crippen LogP contribution >= 0.6 is 0 Å². The van der Waals surface area contributed by atoms with Crippen LogP contribution in [0.5, 0.6) is 0 Å². The van der Waals surface area contributed by atoms with Crippen LogP contribution in [0.1, 0.15) is 43.6 Å². The topological polar surface area (TPSA) is 46.9 Å². The summed E-state index contributed by atoms with van der Waals surface area (Å²) in [6.07, 6.45) is 0. The zero-order chi connectivity index (χ0) is 17.1. The van der Waals surface area contributed by atoms with E-state index >= 15 is 0 Å². The molecule has 0 bridgehead atoms. The molecule has 4 nitrogen and oxygen atoms in total. The fourth-order valence-electron chi connectivity index (χ4n) is 2.83. The normalized spacial score (nSPS) is 11.2. The third-order valence-corrected chi connectivity index (χ3v) is 4.22. The second kappa shape index (κ2) is 6.87. The fourth-order valence-corrected chi connectivity index (χ4v) is 2.83. The first-order valence-electron chi connectivity index (χ1n) is 8.32. The Labute approximate surface area is 142 Å². The summed E-state index contributed by atoms with van der Waals surface area (Å²) < 4.78 is 2.18. The lowest BCUT2D eigenvalue weighted by Gasteiger charge is -2.11. The Morgan fingerprint density at radius 2 is 1.83 bits per heavy atom. The molecule has 0 radical (unpaired) electrons. The predicted molar refractivity (Wildman–Crippen MR) is 96.9 cm³/mol. The molecule has 0 fully saturated rings. The molecule has 124 valence electrons. The molecular formula is C20H23N3O. The van der Waals surface area contributed by atoms with Gasteiger partial charge in [0, 0.05) is 13.5 Å². The number of carbonyl (C=O) groups excluding carboxylic acids is 1. The van der Waals surface area contributed by atoms with Crippen LogP contribution < -0.4 is 5.32 Å². The molecule has 0 unspecified atom stereocenters. The number of para-hydroxylation sites is 2. The minimum Gasteiger partial charge on any atom is -0.349 e. The summed E-state index contributed by atoms with van der Waals surface area (Å²) >= 11 is 0. The van der Waals surface area contributed by atoms with Gasteiger partial charge in [0.2, 0.25) is 5.91 Å². The van der Waals surface area contributed by atoms with Crippen molar-refractivity contribution in [2.75, 3.05) is 0 Å². The van der Waals surface area contributed by atoms with E-state index in [2.05, 4.69) is 59.0 Å². The summed E-state index contributed by atoms with van der Waals surface area (Å²) in [4.78, 5) is 15.9. The van der Waals surface area contributed by atoms with Crippen molar-refractivity contribution in [1.82, 2.24) is 14.9 Å². The van der Waals surface area contributed by atoms with E-state index in [-0.39, 0.29) is 5.91 Å². The highest BCUT2D eigenvalue weighted by molar-refractivity contribution is 5.76. The standard InChI is InChI=1S/C20H23N3O/c1-14(2)17-10-8-16(9-11-17)13-23-19-7-5-4-6-18(19)22-20(23)12-21-15(3)24/h4-11,14H,12-13H2,1-3H3,(H,21,24). The van der Waals surface area contributed by atoms with Crippen LogP contribution in [-0.4, -0.2) is 15.5 Å². The minimum absolute atomic E-state index is 0.0464. The van der Waals surface area contributed by atoms with Gasteiger partial charge >= 0.3 is 0 Å². The molecule has 0 aliphatic heterocycles. The van der Waals surface area contributed by atoms with Crippen molar-refractivity contribution in [3.63, 3.8) is 0 Å². The van der Waals surface area contributed by atoms with Gasteiger partial charge in [0.25, 0.3) is 0 Å². The van der Waals surface area contributed by atoms with Gasteiger partial charge in [0.05, 0.1) is 17.6 Å². The van der Waals surface area contributed by atoms with Gasteiger partial charge in [-0.05, 0) is 29.2 Å². The average molecular weight is 321 g/mol. The second-order valence-corrected chi connectivity index (χ2v) is 6.41. The molecule has 0 saturated carbocycles. The molecule has 2 aromatic carbocycles. The first-order valence-corrected chi connectivity index (χ1v) is 8.32. The zero-order valence-electron chi connectivity index (χ0n) is 14.4. The van der Waals surface area contributed by atoms with E-state index in [1.165, 1.54) is 18.1 Å². The van der Waals surface area contributed by atoms with Crippen molar-refractivity contribution < 1.29 is 4.79 Å². The molecule has 3 aromatic rings. The predicted octanol–water partition coefficient (Wildman–Crippen LogP) is 3.84. The largest absolute Gasteiger partial charge is 0.349 e. The smallest absolute Gasteiger partial charge is 0.217 e. The Balaban J connectivity index is 1.94. The number of imidazole rings is 1. The van der Waals surface area contributed by atoms with Crippen molar-refractivity contribution >= 4 is 16.9 Å². The van der Waals surface area contributed by atoms with Crippen molar-refractivity contribution in [3.8, 4) is 0 Å². The van der Waals surface area contributed by atoms with Crippen molar-refractivity contribution in [2.45, 2.75) is 39.8 Å². The average Bonchev–Trinajstić information content (AvgIpc) is 2.91. The zero-order valence-corrected chi connectivity index (χ0v) is 14.4. The number of benzene rings is 2. The number of amides is 1. The summed E-state index contributed by atoms with van der Waals surface area (Å²) in [6.45, 7) is 7.10. The first-order chi connectivity index (χ1) is 11.5. The van der Waals surface area contributed by atoms with E-state index in [1.807, 2.05) is 18.2 Å². The summed E-state index contributed by atoms with van der Waals surface area (Å²) in [5.41, 5.74) is 4.61. The van der Waals surface area contributed by atoms with Gasteiger partial charge in [0.1, 0.15) is 5.82 Å². The molecule has 1 amide bonds. The number of aromatic nitrogens is 2. The maximum absolute atomic E-state index is 11.3. The molecule has 1 aromatic heterocycles. The maximum atomic E-state index is 11.3. The van der Waals surface area contributed by atoms with Crippen LogP contribution in [0.3, 0.4) is 0 Å². The first kappa shape index (κ1) is 16.2. The third kappa shape index (κ3) is 3.48. The van der Waals surface area contributed by atoms with Crippen LogP contribution in [0.2, 0.25) is 0 Å². The van der Waals surface area contributed by atoms with Gasteiger partial charge in [0.15, 0.2) is 0 Å². The Morgan fingerprint density at radius 3 is 2.50 bits per heavy atom. The molecule has 0 atom stereocenters. The van der Waals surface area contributed by atoms with E-state index < -0.39 is 0 Å². The number of fused-ring (bicyclic) bond motifs is 1. The molecule has 4 heteroatoms. The van der Waals surface area contributed by atoms with E-state index in [1.54, 1.807) is 0 Å². The molecule has 1 heterocycles. The quantitative estimate of drug-likeness (QED) is 0.776. The SMILES string of the molecule is CC(=O)NCc1nc2ccccc2n1Cc1ccc(C(C)C)cc1. The molecule has 0 spiro atoms. The Bertz CT molecular complexity index is 847. The van der Waals surface area contributed by atoms with Gasteiger partial charge in [-0.2, -0.15) is 0 Å². The van der Waals surface area contributed by atoms with Crippen molar-refractivity contribution in [1.29, 1.82) is 0 Å². The minimum atomic E-state index is -0.0464. The van der Waals surface area contributed by atoms with Crippen LogP contribution in [0.4, 0.5) is 0 Å². The number of carbonyl (C=O) groups is 1. The highest BCUT2D eigenvalue weighted by Gasteiger charge is 2.11.